The van der Waals surface area contributed by atoms with E-state index in [4.69, 9.17) is 5.11 Å². The van der Waals surface area contributed by atoms with Crippen LogP contribution in [0.25, 0.3) is 17.0 Å². The molecule has 0 amide bonds. The van der Waals surface area contributed by atoms with Gasteiger partial charge in [0.25, 0.3) is 0 Å². The molecule has 1 aliphatic rings. The van der Waals surface area contributed by atoms with Crippen LogP contribution >= 0.6 is 0 Å². The molecular weight excluding hydrogens is 376 g/mol. The van der Waals surface area contributed by atoms with Gasteiger partial charge in [0.15, 0.2) is 0 Å². The number of aliphatic hydroxyl groups excluding tert-OH is 1. The summed E-state index contributed by atoms with van der Waals surface area (Å²) in [6.45, 7) is 2.00. The maximum absolute atomic E-state index is 10.8. The fourth-order valence-corrected chi connectivity index (χ4v) is 4.57. The van der Waals surface area contributed by atoms with Gasteiger partial charge < -0.3 is 15.2 Å². The highest BCUT2D eigenvalue weighted by Gasteiger charge is 2.27. The zero-order valence-electron chi connectivity index (χ0n) is 17.1. The molecule has 0 bridgehead atoms. The number of carboxylic acids is 1. The van der Waals surface area contributed by atoms with Crippen molar-refractivity contribution >= 4 is 22.9 Å². The minimum absolute atomic E-state index is 0.197. The van der Waals surface area contributed by atoms with Crippen LogP contribution in [0.15, 0.2) is 54.7 Å². The summed E-state index contributed by atoms with van der Waals surface area (Å²) in [5, 5.41) is 19.5. The third-order valence-corrected chi connectivity index (χ3v) is 6.02. The molecule has 3 N–H and O–H groups in total. The van der Waals surface area contributed by atoms with E-state index in [0.29, 0.717) is 6.04 Å². The summed E-state index contributed by atoms with van der Waals surface area (Å²) in [4.78, 5) is 16.6. The van der Waals surface area contributed by atoms with E-state index in [0.717, 1.165) is 44.3 Å². The Labute approximate surface area is 176 Å². The van der Waals surface area contributed by atoms with E-state index >= 15 is 0 Å². The van der Waals surface area contributed by atoms with Crippen LogP contribution in [0.5, 0.6) is 0 Å². The lowest BCUT2D eigenvalue weighted by Gasteiger charge is -2.29. The molecule has 0 spiro atoms. The lowest BCUT2D eigenvalue weighted by atomic mass is 10.0. The molecule has 1 heterocycles. The Morgan fingerprint density at radius 3 is 2.90 bits per heavy atom. The smallest absolute Gasteiger partial charge is 0.328 e. The highest BCUT2D eigenvalue weighted by molar-refractivity contribution is 5.85. The van der Waals surface area contributed by atoms with Gasteiger partial charge >= 0.3 is 5.97 Å². The topological polar surface area (TPSA) is 76.6 Å². The van der Waals surface area contributed by atoms with Crippen molar-refractivity contribution in [3.05, 3.63) is 77.0 Å². The second-order valence-electron chi connectivity index (χ2n) is 7.91. The number of aromatic amines is 1. The quantitative estimate of drug-likeness (QED) is 0.468. The van der Waals surface area contributed by atoms with E-state index in [2.05, 4.69) is 46.4 Å². The largest absolute Gasteiger partial charge is 0.478 e. The summed E-state index contributed by atoms with van der Waals surface area (Å²) in [7, 11) is 0. The first kappa shape index (κ1) is 20.4. The van der Waals surface area contributed by atoms with Crippen LogP contribution in [0.1, 0.15) is 41.1 Å². The van der Waals surface area contributed by atoms with Gasteiger partial charge in [-0.05, 0) is 60.1 Å². The Morgan fingerprint density at radius 2 is 2.07 bits per heavy atom. The zero-order chi connectivity index (χ0) is 20.9. The average molecular weight is 405 g/mol. The van der Waals surface area contributed by atoms with E-state index in [9.17, 15) is 9.90 Å². The molecule has 0 saturated carbocycles. The number of aliphatic hydroxyl groups is 1. The Morgan fingerprint density at radius 1 is 1.20 bits per heavy atom. The molecule has 156 valence electrons. The second kappa shape index (κ2) is 9.28. The predicted octanol–water partition coefficient (Wildman–Crippen LogP) is 4.18. The number of benzene rings is 2. The number of aromatic nitrogens is 1. The fraction of sp³-hybridized carbons (Fsp3) is 0.320. The normalized spacial score (nSPS) is 16.0. The highest BCUT2D eigenvalue weighted by Crippen LogP contribution is 2.37. The number of nitrogens with zero attached hydrogens (tertiary/aromatic N) is 1. The van der Waals surface area contributed by atoms with Crippen LogP contribution in [-0.4, -0.2) is 45.8 Å². The Balaban J connectivity index is 1.51. The van der Waals surface area contributed by atoms with Gasteiger partial charge in [-0.1, -0.05) is 36.4 Å². The fourth-order valence-electron chi connectivity index (χ4n) is 4.57. The van der Waals surface area contributed by atoms with Crippen molar-refractivity contribution in [1.29, 1.82) is 0 Å². The zero-order valence-corrected chi connectivity index (χ0v) is 17.1. The molecule has 5 heteroatoms. The summed E-state index contributed by atoms with van der Waals surface area (Å²) >= 11 is 0. The molecule has 1 atom stereocenters. The van der Waals surface area contributed by atoms with Crippen LogP contribution < -0.4 is 0 Å². The van der Waals surface area contributed by atoms with E-state index < -0.39 is 5.97 Å². The summed E-state index contributed by atoms with van der Waals surface area (Å²) in [5.41, 5.74) is 6.06. The lowest BCUT2D eigenvalue weighted by Crippen LogP contribution is -2.31. The van der Waals surface area contributed by atoms with E-state index in [1.807, 2.05) is 12.1 Å². The number of aliphatic carboxylic acids is 1. The number of hydrogen-bond acceptors (Lipinski definition) is 3. The Bertz CT molecular complexity index is 1050. The summed E-state index contributed by atoms with van der Waals surface area (Å²) in [5.74, 6) is -0.930. The Kier molecular flexibility index (Phi) is 6.31. The van der Waals surface area contributed by atoms with Gasteiger partial charge in [-0.25, -0.2) is 4.79 Å². The van der Waals surface area contributed by atoms with Crippen molar-refractivity contribution < 1.29 is 15.0 Å². The standard InChI is InChI=1S/C25H28N2O3/c28-15-3-13-27(14-12-20-17-26-23-5-2-1-4-21(20)23)24-10-8-19-16-18(6-9-22(19)24)7-11-25(29)30/h1-2,4-7,9,11,16-17,24,26,28H,3,8,10,12-15H2,(H,29,30)/b11-7+. The molecule has 1 unspecified atom stereocenters. The number of H-pyrrole nitrogens is 1. The molecule has 5 nitrogen and oxygen atoms in total. The van der Waals surface area contributed by atoms with Crippen LogP contribution in [-0.2, 0) is 17.6 Å². The van der Waals surface area contributed by atoms with Crippen LogP contribution in [0.4, 0.5) is 0 Å². The van der Waals surface area contributed by atoms with Crippen LogP contribution in [0, 0.1) is 0 Å². The summed E-state index contributed by atoms with van der Waals surface area (Å²) in [6.07, 6.45) is 8.72. The molecule has 4 rings (SSSR count). The number of aryl methyl sites for hydroxylation is 1. The van der Waals surface area contributed by atoms with Gasteiger partial charge in [-0.2, -0.15) is 0 Å². The van der Waals surface area contributed by atoms with Crippen molar-refractivity contribution in [2.45, 2.75) is 31.7 Å². The van der Waals surface area contributed by atoms with Gasteiger partial charge in [0.05, 0.1) is 0 Å². The van der Waals surface area contributed by atoms with Crippen molar-refractivity contribution in [1.82, 2.24) is 9.88 Å². The SMILES string of the molecule is O=C(O)/C=C/c1ccc2c(c1)CCC2N(CCCO)CCc1c[nH]c2ccccc12. The minimum atomic E-state index is -0.930. The van der Waals surface area contributed by atoms with Crippen molar-refractivity contribution in [3.8, 4) is 0 Å². The summed E-state index contributed by atoms with van der Waals surface area (Å²) in [6, 6.07) is 15.0. The molecule has 1 aromatic heterocycles. The molecular formula is C25H28N2O3. The molecule has 0 radical (unpaired) electrons. The molecule has 0 saturated heterocycles. The molecule has 0 aliphatic heterocycles. The van der Waals surface area contributed by atoms with Crippen LogP contribution in [0.3, 0.4) is 0 Å². The van der Waals surface area contributed by atoms with E-state index in [1.165, 1.54) is 33.7 Å². The number of nitrogens with one attached hydrogen (secondary N) is 1. The van der Waals surface area contributed by atoms with E-state index in [1.54, 1.807) is 6.08 Å². The lowest BCUT2D eigenvalue weighted by molar-refractivity contribution is -0.131. The molecule has 1 aliphatic carbocycles. The highest BCUT2D eigenvalue weighted by atomic mass is 16.4. The van der Waals surface area contributed by atoms with Crippen molar-refractivity contribution in [2.75, 3.05) is 19.7 Å². The molecule has 0 fully saturated rings. The number of carboxylic acid groups (broad SMARTS) is 1. The number of para-hydroxylation sites is 1. The Hall–Kier alpha value is -2.89. The third-order valence-electron chi connectivity index (χ3n) is 6.02. The van der Waals surface area contributed by atoms with Crippen LogP contribution in [0.2, 0.25) is 0 Å². The first-order valence-electron chi connectivity index (χ1n) is 10.6. The van der Waals surface area contributed by atoms with Gasteiger partial charge in [0.1, 0.15) is 0 Å². The number of rotatable bonds is 9. The van der Waals surface area contributed by atoms with Gasteiger partial charge in [-0.3, -0.25) is 4.90 Å². The van der Waals surface area contributed by atoms with E-state index in [-0.39, 0.29) is 6.61 Å². The van der Waals surface area contributed by atoms with Gasteiger partial charge in [0, 0.05) is 48.9 Å². The number of carbonyl (C=O) groups is 1. The first-order valence-corrected chi connectivity index (χ1v) is 10.6. The number of hydrogen-bond donors (Lipinski definition) is 3. The second-order valence-corrected chi connectivity index (χ2v) is 7.91. The maximum Gasteiger partial charge on any atom is 0.328 e. The predicted molar refractivity (Wildman–Crippen MR) is 119 cm³/mol. The monoisotopic (exact) mass is 404 g/mol. The van der Waals surface area contributed by atoms with Gasteiger partial charge in [-0.15, -0.1) is 0 Å². The van der Waals surface area contributed by atoms with Crippen molar-refractivity contribution in [3.63, 3.8) is 0 Å². The first-order chi connectivity index (χ1) is 14.7. The minimum Gasteiger partial charge on any atom is -0.478 e. The average Bonchev–Trinajstić information content (AvgIpc) is 3.36. The molecule has 30 heavy (non-hydrogen) atoms. The molecule has 2 aromatic carbocycles. The van der Waals surface area contributed by atoms with Gasteiger partial charge in [0.2, 0.25) is 0 Å². The van der Waals surface area contributed by atoms with Crippen molar-refractivity contribution in [2.24, 2.45) is 0 Å². The third kappa shape index (κ3) is 4.48. The molecule has 3 aromatic rings. The summed E-state index contributed by atoms with van der Waals surface area (Å²) < 4.78 is 0. The number of fused-ring (bicyclic) bond motifs is 2. The maximum atomic E-state index is 10.8.